The van der Waals surface area contributed by atoms with Gasteiger partial charge in [0.25, 0.3) is 5.91 Å². The van der Waals surface area contributed by atoms with Crippen LogP contribution in [0.1, 0.15) is 26.6 Å². The van der Waals surface area contributed by atoms with Crippen molar-refractivity contribution < 1.29 is 24.0 Å². The lowest BCUT2D eigenvalue weighted by atomic mass is 10.1. The molecule has 110 valence electrons. The van der Waals surface area contributed by atoms with Gasteiger partial charge in [-0.15, -0.1) is 0 Å². The largest absolute Gasteiger partial charge is 0.496 e. The molecule has 0 saturated carbocycles. The highest BCUT2D eigenvalue weighted by atomic mass is 35.5. The summed E-state index contributed by atoms with van der Waals surface area (Å²) in [6.07, 6.45) is 0. The van der Waals surface area contributed by atoms with Crippen molar-refractivity contribution in [1.82, 2.24) is 5.16 Å². The van der Waals surface area contributed by atoms with Gasteiger partial charge in [-0.05, 0) is 13.0 Å². The summed E-state index contributed by atoms with van der Waals surface area (Å²) in [6.45, 7) is 1.65. The van der Waals surface area contributed by atoms with Crippen molar-refractivity contribution in [3.63, 3.8) is 0 Å². The van der Waals surface area contributed by atoms with E-state index in [1.54, 1.807) is 6.92 Å². The number of nitrogens with zero attached hydrogens (tertiary/aromatic N) is 1. The van der Waals surface area contributed by atoms with Crippen molar-refractivity contribution in [2.75, 3.05) is 12.4 Å². The zero-order valence-corrected chi connectivity index (χ0v) is 11.9. The Hall–Kier alpha value is -2.54. The minimum absolute atomic E-state index is 0.0711. The Morgan fingerprint density at radius 1 is 1.38 bits per heavy atom. The number of nitrogens with one attached hydrogen (secondary N) is 1. The average Bonchev–Trinajstić information content (AvgIpc) is 2.87. The van der Waals surface area contributed by atoms with Gasteiger partial charge in [0.05, 0.1) is 17.8 Å². The van der Waals surface area contributed by atoms with Gasteiger partial charge >= 0.3 is 5.97 Å². The van der Waals surface area contributed by atoms with E-state index in [4.69, 9.17) is 26.0 Å². The summed E-state index contributed by atoms with van der Waals surface area (Å²) in [5.74, 6) is -1.14. The van der Waals surface area contributed by atoms with Gasteiger partial charge in [-0.3, -0.25) is 4.79 Å². The van der Waals surface area contributed by atoms with E-state index in [0.717, 1.165) is 0 Å². The summed E-state index contributed by atoms with van der Waals surface area (Å²) in [7, 11) is 1.32. The molecule has 7 nitrogen and oxygen atoms in total. The number of carboxylic acids is 1. The number of amides is 1. The van der Waals surface area contributed by atoms with Crippen LogP contribution in [0.4, 0.5) is 5.69 Å². The maximum atomic E-state index is 11.9. The summed E-state index contributed by atoms with van der Waals surface area (Å²) >= 11 is 5.96. The lowest BCUT2D eigenvalue weighted by molar-refractivity contribution is 0.0693. The zero-order chi connectivity index (χ0) is 15.6. The van der Waals surface area contributed by atoms with Crippen molar-refractivity contribution in [2.24, 2.45) is 0 Å². The van der Waals surface area contributed by atoms with E-state index in [1.165, 1.54) is 25.3 Å². The molecule has 2 aromatic rings. The van der Waals surface area contributed by atoms with Crippen LogP contribution in [-0.4, -0.2) is 29.2 Å². The van der Waals surface area contributed by atoms with E-state index in [2.05, 4.69) is 10.5 Å². The summed E-state index contributed by atoms with van der Waals surface area (Å²) in [4.78, 5) is 23.0. The minimum atomic E-state index is -1.18. The van der Waals surface area contributed by atoms with Crippen molar-refractivity contribution in [3.8, 4) is 5.75 Å². The number of anilines is 1. The predicted octanol–water partition coefficient (Wildman–Crippen LogP) is 2.60. The van der Waals surface area contributed by atoms with Crippen LogP contribution >= 0.6 is 11.6 Å². The zero-order valence-electron chi connectivity index (χ0n) is 11.1. The molecule has 2 N–H and O–H groups in total. The van der Waals surface area contributed by atoms with Crippen LogP contribution in [0.2, 0.25) is 5.02 Å². The van der Waals surface area contributed by atoms with Gasteiger partial charge in [-0.2, -0.15) is 0 Å². The number of aryl methyl sites for hydroxylation is 1. The lowest BCUT2D eigenvalue weighted by Gasteiger charge is -2.10. The molecule has 0 atom stereocenters. The number of methoxy groups -OCH3 is 1. The first kappa shape index (κ1) is 14.9. The molecule has 0 aliphatic rings. The van der Waals surface area contributed by atoms with Gasteiger partial charge in [-0.1, -0.05) is 16.8 Å². The quantitative estimate of drug-likeness (QED) is 0.900. The van der Waals surface area contributed by atoms with E-state index < -0.39 is 11.9 Å². The summed E-state index contributed by atoms with van der Waals surface area (Å²) in [5, 5.41) is 15.2. The second-order valence-electron chi connectivity index (χ2n) is 4.11. The third kappa shape index (κ3) is 3.14. The highest BCUT2D eigenvalue weighted by Crippen LogP contribution is 2.31. The first-order chi connectivity index (χ1) is 9.92. The Morgan fingerprint density at radius 3 is 2.62 bits per heavy atom. The van der Waals surface area contributed by atoms with Crippen LogP contribution in [0.15, 0.2) is 22.7 Å². The molecule has 0 spiro atoms. The van der Waals surface area contributed by atoms with E-state index >= 15 is 0 Å². The van der Waals surface area contributed by atoms with Gasteiger partial charge in [-0.25, -0.2) is 4.79 Å². The van der Waals surface area contributed by atoms with Crippen molar-refractivity contribution >= 4 is 29.2 Å². The smallest absolute Gasteiger partial charge is 0.339 e. The summed E-state index contributed by atoms with van der Waals surface area (Å²) in [6, 6.07) is 4.00. The third-order valence-corrected chi connectivity index (χ3v) is 2.94. The Bertz CT molecular complexity index is 711. The molecule has 0 radical (unpaired) electrons. The van der Waals surface area contributed by atoms with Crippen LogP contribution in [0, 0.1) is 6.92 Å². The average molecular weight is 311 g/mol. The van der Waals surface area contributed by atoms with Gasteiger partial charge in [0.15, 0.2) is 5.69 Å². The maximum absolute atomic E-state index is 11.9. The fourth-order valence-electron chi connectivity index (χ4n) is 1.64. The highest BCUT2D eigenvalue weighted by molar-refractivity contribution is 6.34. The molecule has 21 heavy (non-hydrogen) atoms. The van der Waals surface area contributed by atoms with Gasteiger partial charge < -0.3 is 19.7 Å². The number of aromatic carboxylic acids is 1. The number of carbonyl (C=O) groups is 2. The molecule has 0 saturated heterocycles. The van der Waals surface area contributed by atoms with Gasteiger partial charge in [0, 0.05) is 12.1 Å². The SMILES string of the molecule is COc1cc(NC(=O)c2cc(C)on2)c(Cl)cc1C(=O)O. The van der Waals surface area contributed by atoms with E-state index in [9.17, 15) is 9.59 Å². The third-order valence-electron chi connectivity index (χ3n) is 2.63. The van der Waals surface area contributed by atoms with E-state index in [-0.39, 0.29) is 27.7 Å². The molecule has 1 aromatic carbocycles. The molecular formula is C13H11ClN2O5. The Morgan fingerprint density at radius 2 is 2.10 bits per heavy atom. The lowest BCUT2D eigenvalue weighted by Crippen LogP contribution is -2.13. The number of ether oxygens (including phenoxy) is 1. The highest BCUT2D eigenvalue weighted by Gasteiger charge is 2.18. The molecule has 2 rings (SSSR count). The standard InChI is InChI=1S/C13H11ClN2O5/c1-6-3-10(16-21-6)12(17)15-9-5-11(20-2)7(13(18)19)4-8(9)14/h3-5H,1-2H3,(H,15,17)(H,18,19). The van der Waals surface area contributed by atoms with Crippen molar-refractivity contribution in [1.29, 1.82) is 0 Å². The second-order valence-corrected chi connectivity index (χ2v) is 4.52. The first-order valence-electron chi connectivity index (χ1n) is 5.78. The normalized spacial score (nSPS) is 10.2. The Kier molecular flexibility index (Phi) is 4.13. The van der Waals surface area contributed by atoms with Crippen LogP contribution in [-0.2, 0) is 0 Å². The van der Waals surface area contributed by atoms with Gasteiger partial charge in [0.2, 0.25) is 0 Å². The number of aromatic nitrogens is 1. The van der Waals surface area contributed by atoms with Crippen molar-refractivity contribution in [2.45, 2.75) is 6.92 Å². The Balaban J connectivity index is 2.32. The number of carboxylic acid groups (broad SMARTS) is 1. The number of carbonyl (C=O) groups excluding carboxylic acids is 1. The number of hydrogen-bond donors (Lipinski definition) is 2. The number of benzene rings is 1. The topological polar surface area (TPSA) is 102 Å². The van der Waals surface area contributed by atoms with E-state index in [0.29, 0.717) is 5.76 Å². The molecule has 0 fully saturated rings. The predicted molar refractivity (Wildman–Crippen MR) is 74.2 cm³/mol. The van der Waals surface area contributed by atoms with Crippen LogP contribution in [0.3, 0.4) is 0 Å². The Labute approximate surface area is 124 Å². The molecule has 1 aromatic heterocycles. The number of hydrogen-bond acceptors (Lipinski definition) is 5. The minimum Gasteiger partial charge on any atom is -0.496 e. The molecule has 1 amide bonds. The molecular weight excluding hydrogens is 300 g/mol. The fourth-order valence-corrected chi connectivity index (χ4v) is 1.86. The van der Waals surface area contributed by atoms with Crippen molar-refractivity contribution in [3.05, 3.63) is 40.2 Å². The summed E-state index contributed by atoms with van der Waals surface area (Å²) in [5.41, 5.74) is 0.201. The maximum Gasteiger partial charge on any atom is 0.339 e. The van der Waals surface area contributed by atoms with Gasteiger partial charge in [0.1, 0.15) is 17.1 Å². The molecule has 0 aliphatic carbocycles. The molecule has 0 unspecified atom stereocenters. The van der Waals surface area contributed by atoms with Crippen LogP contribution < -0.4 is 10.1 Å². The number of rotatable bonds is 4. The molecule has 8 heteroatoms. The van der Waals surface area contributed by atoms with Crippen LogP contribution in [0.5, 0.6) is 5.75 Å². The molecule has 0 bridgehead atoms. The van der Waals surface area contributed by atoms with Crippen LogP contribution in [0.25, 0.3) is 0 Å². The fraction of sp³-hybridized carbons (Fsp3) is 0.154. The second kappa shape index (κ2) is 5.84. The summed E-state index contributed by atoms with van der Waals surface area (Å²) < 4.78 is 9.77. The molecule has 0 aliphatic heterocycles. The monoisotopic (exact) mass is 310 g/mol. The molecule has 1 heterocycles. The first-order valence-corrected chi connectivity index (χ1v) is 6.15. The number of halogens is 1. The van der Waals surface area contributed by atoms with E-state index in [1.807, 2.05) is 0 Å².